The van der Waals surface area contributed by atoms with Crippen molar-refractivity contribution in [1.82, 2.24) is 15.1 Å². The molecule has 1 aromatic carbocycles. The van der Waals surface area contributed by atoms with Crippen LogP contribution in [0.4, 0.5) is 5.82 Å². The highest BCUT2D eigenvalue weighted by molar-refractivity contribution is 5.95. The normalized spacial score (nSPS) is 19.0. The fourth-order valence-electron chi connectivity index (χ4n) is 2.77. The second kappa shape index (κ2) is 6.72. The van der Waals surface area contributed by atoms with Crippen molar-refractivity contribution in [2.75, 3.05) is 25.0 Å². The van der Waals surface area contributed by atoms with E-state index in [1.807, 2.05) is 47.3 Å². The van der Waals surface area contributed by atoms with Crippen LogP contribution < -0.4 is 16.4 Å². The molecule has 6 nitrogen and oxygen atoms in total. The van der Waals surface area contributed by atoms with Gasteiger partial charge in [0, 0.05) is 25.4 Å². The first-order valence-corrected chi connectivity index (χ1v) is 7.59. The number of hydrogen-bond acceptors (Lipinski definition) is 4. The van der Waals surface area contributed by atoms with E-state index in [-0.39, 0.29) is 18.4 Å². The fourth-order valence-corrected chi connectivity index (χ4v) is 2.77. The molecule has 2 heterocycles. The summed E-state index contributed by atoms with van der Waals surface area (Å²) in [6.45, 7) is 2.20. The third kappa shape index (κ3) is 3.18. The number of aromatic nitrogens is 2. The molecule has 1 aromatic heterocycles. The predicted molar refractivity (Wildman–Crippen MR) is 85.6 cm³/mol. The number of anilines is 1. The van der Waals surface area contributed by atoms with E-state index in [1.165, 1.54) is 0 Å². The van der Waals surface area contributed by atoms with Gasteiger partial charge < -0.3 is 16.4 Å². The van der Waals surface area contributed by atoms with Crippen molar-refractivity contribution < 1.29 is 4.79 Å². The van der Waals surface area contributed by atoms with Crippen LogP contribution in [0.25, 0.3) is 0 Å². The maximum absolute atomic E-state index is 12.4. The Labute approximate surface area is 129 Å². The Morgan fingerprint density at radius 1 is 1.41 bits per heavy atom. The summed E-state index contributed by atoms with van der Waals surface area (Å²) in [4.78, 5) is 12.4. The first kappa shape index (κ1) is 14.7. The van der Waals surface area contributed by atoms with E-state index in [9.17, 15) is 4.79 Å². The molecular weight excluding hydrogens is 278 g/mol. The number of carbonyl (C=O) groups excluding carboxylic acids is 1. The predicted octanol–water partition coefficient (Wildman–Crippen LogP) is 1.10. The third-order valence-corrected chi connectivity index (χ3v) is 4.02. The molecule has 2 atom stereocenters. The number of hydrogen-bond donors (Lipinski definition) is 3. The van der Waals surface area contributed by atoms with Gasteiger partial charge in [-0.05, 0) is 18.5 Å². The molecule has 1 aliphatic rings. The van der Waals surface area contributed by atoms with Gasteiger partial charge in [0.1, 0.15) is 0 Å². The summed E-state index contributed by atoms with van der Waals surface area (Å²) in [5.41, 5.74) is 6.69. The Hall–Kier alpha value is -2.18. The molecule has 0 aliphatic carbocycles. The molecule has 2 aromatic rings. The van der Waals surface area contributed by atoms with Crippen molar-refractivity contribution in [3.63, 3.8) is 0 Å². The first-order chi connectivity index (χ1) is 10.8. The molecular formula is C16H21N5O. The standard InChI is InChI=1S/C16H21N5O/c17-10-14(12-4-2-1-3-5-12)16(22)19-15-7-9-21(20-15)13-6-8-18-11-13/h1-5,7,9,13-14,18H,6,8,10-11,17H2,(H,19,20,22)/t13-,14-/m1/s1. The molecule has 1 saturated heterocycles. The maximum atomic E-state index is 12.4. The van der Waals surface area contributed by atoms with Crippen LogP contribution in [-0.4, -0.2) is 35.3 Å². The van der Waals surface area contributed by atoms with Crippen molar-refractivity contribution in [2.45, 2.75) is 18.4 Å². The van der Waals surface area contributed by atoms with Crippen molar-refractivity contribution in [2.24, 2.45) is 5.73 Å². The minimum Gasteiger partial charge on any atom is -0.329 e. The largest absolute Gasteiger partial charge is 0.329 e. The number of nitrogens with one attached hydrogen (secondary N) is 2. The van der Waals surface area contributed by atoms with E-state index in [0.717, 1.165) is 25.1 Å². The Kier molecular flexibility index (Phi) is 4.50. The van der Waals surface area contributed by atoms with Crippen LogP contribution in [0, 0.1) is 0 Å². The zero-order valence-electron chi connectivity index (χ0n) is 12.4. The summed E-state index contributed by atoms with van der Waals surface area (Å²) in [7, 11) is 0. The van der Waals surface area contributed by atoms with Crippen LogP contribution in [0.1, 0.15) is 23.9 Å². The molecule has 0 unspecified atom stereocenters. The van der Waals surface area contributed by atoms with E-state index in [1.54, 1.807) is 0 Å². The molecule has 116 valence electrons. The van der Waals surface area contributed by atoms with Crippen molar-refractivity contribution >= 4 is 11.7 Å². The zero-order chi connectivity index (χ0) is 15.4. The summed E-state index contributed by atoms with van der Waals surface area (Å²) in [5.74, 6) is 0.0919. The highest BCUT2D eigenvalue weighted by Crippen LogP contribution is 2.19. The van der Waals surface area contributed by atoms with Crippen molar-refractivity contribution in [3.05, 3.63) is 48.2 Å². The van der Waals surface area contributed by atoms with E-state index in [2.05, 4.69) is 15.7 Å². The highest BCUT2D eigenvalue weighted by atomic mass is 16.2. The van der Waals surface area contributed by atoms with E-state index in [4.69, 9.17) is 5.73 Å². The molecule has 0 saturated carbocycles. The van der Waals surface area contributed by atoms with Crippen molar-refractivity contribution in [3.8, 4) is 0 Å². The van der Waals surface area contributed by atoms with Gasteiger partial charge in [-0.3, -0.25) is 9.48 Å². The number of amides is 1. The van der Waals surface area contributed by atoms with E-state index < -0.39 is 0 Å². The van der Waals surface area contributed by atoms with Crippen LogP contribution in [0.3, 0.4) is 0 Å². The summed E-state index contributed by atoms with van der Waals surface area (Å²) >= 11 is 0. The summed E-state index contributed by atoms with van der Waals surface area (Å²) in [6.07, 6.45) is 2.97. The van der Waals surface area contributed by atoms with Gasteiger partial charge in [-0.1, -0.05) is 30.3 Å². The number of nitrogens with zero attached hydrogens (tertiary/aromatic N) is 2. The first-order valence-electron chi connectivity index (χ1n) is 7.59. The fraction of sp³-hybridized carbons (Fsp3) is 0.375. The average Bonchev–Trinajstić information content (AvgIpc) is 3.20. The SMILES string of the molecule is NC[C@@H](C(=O)Nc1ccn([C@@H]2CCNC2)n1)c1ccccc1. The zero-order valence-corrected chi connectivity index (χ0v) is 12.4. The third-order valence-electron chi connectivity index (χ3n) is 4.02. The van der Waals surface area contributed by atoms with Gasteiger partial charge in [0.25, 0.3) is 0 Å². The smallest absolute Gasteiger partial charge is 0.234 e. The van der Waals surface area contributed by atoms with Gasteiger partial charge in [0.05, 0.1) is 12.0 Å². The van der Waals surface area contributed by atoms with Crippen molar-refractivity contribution in [1.29, 1.82) is 0 Å². The Balaban J connectivity index is 1.68. The van der Waals surface area contributed by atoms with Crippen LogP contribution in [0.2, 0.25) is 0 Å². The summed E-state index contributed by atoms with van der Waals surface area (Å²) in [6, 6.07) is 11.8. The van der Waals surface area contributed by atoms with Crippen LogP contribution >= 0.6 is 0 Å². The monoisotopic (exact) mass is 299 g/mol. The molecule has 1 amide bonds. The number of carbonyl (C=O) groups is 1. The summed E-state index contributed by atoms with van der Waals surface area (Å²) in [5, 5.41) is 10.6. The lowest BCUT2D eigenvalue weighted by molar-refractivity contribution is -0.117. The minimum atomic E-state index is -0.362. The second-order valence-corrected chi connectivity index (χ2v) is 5.52. The molecule has 22 heavy (non-hydrogen) atoms. The van der Waals surface area contributed by atoms with Gasteiger partial charge in [0.15, 0.2) is 5.82 Å². The number of rotatable bonds is 5. The number of nitrogens with two attached hydrogens (primary N) is 1. The maximum Gasteiger partial charge on any atom is 0.234 e. The van der Waals surface area contributed by atoms with Crippen LogP contribution in [0.5, 0.6) is 0 Å². The Morgan fingerprint density at radius 3 is 2.91 bits per heavy atom. The van der Waals surface area contributed by atoms with Gasteiger partial charge in [0.2, 0.25) is 5.91 Å². The lowest BCUT2D eigenvalue weighted by atomic mass is 9.98. The number of benzene rings is 1. The molecule has 4 N–H and O–H groups in total. The van der Waals surface area contributed by atoms with Gasteiger partial charge in [-0.25, -0.2) is 0 Å². The Bertz CT molecular complexity index is 618. The second-order valence-electron chi connectivity index (χ2n) is 5.52. The van der Waals surface area contributed by atoms with Gasteiger partial charge in [-0.15, -0.1) is 0 Å². The topological polar surface area (TPSA) is 85.0 Å². The summed E-state index contributed by atoms with van der Waals surface area (Å²) < 4.78 is 1.91. The quantitative estimate of drug-likeness (QED) is 0.772. The molecule has 0 radical (unpaired) electrons. The van der Waals surface area contributed by atoms with Gasteiger partial charge >= 0.3 is 0 Å². The van der Waals surface area contributed by atoms with E-state index in [0.29, 0.717) is 11.9 Å². The minimum absolute atomic E-state index is 0.122. The Morgan fingerprint density at radius 2 is 2.23 bits per heavy atom. The molecule has 0 spiro atoms. The lowest BCUT2D eigenvalue weighted by Crippen LogP contribution is -2.27. The van der Waals surface area contributed by atoms with Gasteiger partial charge in [-0.2, -0.15) is 5.10 Å². The van der Waals surface area contributed by atoms with E-state index >= 15 is 0 Å². The molecule has 0 bridgehead atoms. The lowest BCUT2D eigenvalue weighted by Gasteiger charge is -2.14. The molecule has 6 heteroatoms. The molecule has 1 fully saturated rings. The van der Waals surface area contributed by atoms with Crippen LogP contribution in [0.15, 0.2) is 42.6 Å². The van der Waals surface area contributed by atoms with Crippen LogP contribution in [-0.2, 0) is 4.79 Å². The average molecular weight is 299 g/mol. The molecule has 1 aliphatic heterocycles. The molecule has 3 rings (SSSR count). The highest BCUT2D eigenvalue weighted by Gasteiger charge is 2.21.